The van der Waals surface area contributed by atoms with E-state index in [2.05, 4.69) is 24.1 Å². The maximum Gasteiger partial charge on any atom is 0.152 e. The molecule has 112 valence electrons. The Morgan fingerprint density at radius 1 is 1.16 bits per heavy atom. The standard InChI is InChI=1S/C14H28N2O2S/c1-13(2)15-11-14(5-3-4-6-14)12-16-7-9-19(17,18)10-8-16/h13,15H,3-12H2,1-2H3. The van der Waals surface area contributed by atoms with Crippen LogP contribution in [0.15, 0.2) is 0 Å². The summed E-state index contributed by atoms with van der Waals surface area (Å²) in [4.78, 5) is 2.37. The van der Waals surface area contributed by atoms with Crippen LogP contribution in [0.4, 0.5) is 0 Å². The van der Waals surface area contributed by atoms with E-state index in [-0.39, 0.29) is 0 Å². The fraction of sp³-hybridized carbons (Fsp3) is 1.00. The summed E-state index contributed by atoms with van der Waals surface area (Å²) in [5, 5.41) is 3.59. The van der Waals surface area contributed by atoms with Crippen molar-refractivity contribution in [3.8, 4) is 0 Å². The van der Waals surface area contributed by atoms with Gasteiger partial charge in [0.25, 0.3) is 0 Å². The summed E-state index contributed by atoms with van der Waals surface area (Å²) in [7, 11) is -2.75. The van der Waals surface area contributed by atoms with Gasteiger partial charge in [-0.15, -0.1) is 0 Å². The van der Waals surface area contributed by atoms with Gasteiger partial charge in [0.05, 0.1) is 11.5 Å². The van der Waals surface area contributed by atoms with Gasteiger partial charge in [-0.25, -0.2) is 8.42 Å². The van der Waals surface area contributed by atoms with Crippen molar-refractivity contribution in [1.29, 1.82) is 0 Å². The normalized spacial score (nSPS) is 26.9. The third-order valence-corrected chi connectivity index (χ3v) is 6.15. The van der Waals surface area contributed by atoms with Gasteiger partial charge in [-0.05, 0) is 18.3 Å². The van der Waals surface area contributed by atoms with Crippen LogP contribution in [0.25, 0.3) is 0 Å². The molecule has 2 fully saturated rings. The topological polar surface area (TPSA) is 49.4 Å². The molecule has 1 saturated heterocycles. The number of sulfone groups is 1. The molecule has 2 aliphatic rings. The Bertz CT molecular complexity index is 372. The molecule has 1 N–H and O–H groups in total. The smallest absolute Gasteiger partial charge is 0.152 e. The van der Waals surface area contributed by atoms with E-state index in [0.29, 0.717) is 23.0 Å². The van der Waals surface area contributed by atoms with Crippen LogP contribution in [0.3, 0.4) is 0 Å². The van der Waals surface area contributed by atoms with E-state index in [4.69, 9.17) is 0 Å². The lowest BCUT2D eigenvalue weighted by molar-refractivity contribution is 0.154. The highest BCUT2D eigenvalue weighted by Crippen LogP contribution is 2.38. The molecule has 0 bridgehead atoms. The SMILES string of the molecule is CC(C)NCC1(CN2CCS(=O)(=O)CC2)CCCC1. The molecule has 0 aromatic carbocycles. The van der Waals surface area contributed by atoms with E-state index < -0.39 is 9.84 Å². The van der Waals surface area contributed by atoms with Crippen LogP contribution in [-0.2, 0) is 9.84 Å². The highest BCUT2D eigenvalue weighted by molar-refractivity contribution is 7.91. The fourth-order valence-corrected chi connectivity index (χ4v) is 4.60. The lowest BCUT2D eigenvalue weighted by Gasteiger charge is -2.37. The van der Waals surface area contributed by atoms with Gasteiger partial charge >= 0.3 is 0 Å². The molecule has 0 unspecified atom stereocenters. The highest BCUT2D eigenvalue weighted by Gasteiger charge is 2.36. The molecular weight excluding hydrogens is 260 g/mol. The Hall–Kier alpha value is -0.130. The molecule has 5 heteroatoms. The second kappa shape index (κ2) is 6.10. The van der Waals surface area contributed by atoms with Gasteiger partial charge in [-0.1, -0.05) is 26.7 Å². The lowest BCUT2D eigenvalue weighted by atomic mass is 9.85. The first-order valence-corrected chi connectivity index (χ1v) is 9.39. The summed E-state index contributed by atoms with van der Waals surface area (Å²) in [6.45, 7) is 7.99. The van der Waals surface area contributed by atoms with Gasteiger partial charge < -0.3 is 10.2 Å². The molecule has 1 aliphatic heterocycles. The van der Waals surface area contributed by atoms with Gasteiger partial charge in [0.1, 0.15) is 0 Å². The Labute approximate surface area is 117 Å². The molecule has 0 spiro atoms. The van der Waals surface area contributed by atoms with E-state index in [1.54, 1.807) is 0 Å². The average molecular weight is 288 g/mol. The van der Waals surface area contributed by atoms with E-state index in [9.17, 15) is 8.42 Å². The second-order valence-corrected chi connectivity index (χ2v) is 8.97. The molecule has 0 atom stereocenters. The highest BCUT2D eigenvalue weighted by atomic mass is 32.2. The Morgan fingerprint density at radius 2 is 1.74 bits per heavy atom. The molecule has 1 heterocycles. The Morgan fingerprint density at radius 3 is 2.26 bits per heavy atom. The van der Waals surface area contributed by atoms with Crippen LogP contribution >= 0.6 is 0 Å². The maximum absolute atomic E-state index is 11.5. The van der Waals surface area contributed by atoms with E-state index >= 15 is 0 Å². The third kappa shape index (κ3) is 4.43. The summed E-state index contributed by atoms with van der Waals surface area (Å²) in [5.41, 5.74) is 0.380. The van der Waals surface area contributed by atoms with Crippen LogP contribution in [0, 0.1) is 5.41 Å². The first-order valence-electron chi connectivity index (χ1n) is 7.57. The predicted molar refractivity (Wildman–Crippen MR) is 79.1 cm³/mol. The zero-order valence-corrected chi connectivity index (χ0v) is 13.1. The number of rotatable bonds is 5. The van der Waals surface area contributed by atoms with E-state index in [0.717, 1.165) is 26.2 Å². The minimum absolute atomic E-state index is 0.348. The van der Waals surface area contributed by atoms with Crippen molar-refractivity contribution in [2.45, 2.75) is 45.6 Å². The first-order chi connectivity index (χ1) is 8.91. The van der Waals surface area contributed by atoms with Crippen molar-refractivity contribution in [3.05, 3.63) is 0 Å². The van der Waals surface area contributed by atoms with Crippen molar-refractivity contribution in [3.63, 3.8) is 0 Å². The minimum Gasteiger partial charge on any atom is -0.314 e. The second-order valence-electron chi connectivity index (χ2n) is 6.67. The predicted octanol–water partition coefficient (Wildman–Crippen LogP) is 1.28. The molecule has 19 heavy (non-hydrogen) atoms. The quantitative estimate of drug-likeness (QED) is 0.828. The Kier molecular flexibility index (Phi) is 4.90. The summed E-state index contributed by atoms with van der Waals surface area (Å²) in [6.07, 6.45) is 5.23. The lowest BCUT2D eigenvalue weighted by Crippen LogP contribution is -2.48. The molecule has 0 amide bonds. The summed E-state index contributed by atoms with van der Waals surface area (Å²) in [5.74, 6) is 0.696. The molecule has 1 aliphatic carbocycles. The van der Waals surface area contributed by atoms with Crippen LogP contribution in [-0.4, -0.2) is 57.0 Å². The average Bonchev–Trinajstić information content (AvgIpc) is 2.79. The van der Waals surface area contributed by atoms with Crippen molar-refractivity contribution in [1.82, 2.24) is 10.2 Å². The van der Waals surface area contributed by atoms with Crippen molar-refractivity contribution >= 4 is 9.84 Å². The fourth-order valence-electron chi connectivity index (χ4n) is 3.32. The summed E-state index contributed by atoms with van der Waals surface area (Å²) < 4.78 is 23.0. The molecule has 0 aromatic heterocycles. The summed E-state index contributed by atoms with van der Waals surface area (Å²) in [6, 6.07) is 0.527. The van der Waals surface area contributed by atoms with Crippen LogP contribution < -0.4 is 5.32 Å². The van der Waals surface area contributed by atoms with Crippen LogP contribution in [0.5, 0.6) is 0 Å². The van der Waals surface area contributed by atoms with Gasteiger partial charge in [0.15, 0.2) is 9.84 Å². The number of hydrogen-bond acceptors (Lipinski definition) is 4. The zero-order chi connectivity index (χ0) is 13.9. The number of hydrogen-bond donors (Lipinski definition) is 1. The van der Waals surface area contributed by atoms with E-state index in [1.165, 1.54) is 25.7 Å². The molecule has 1 saturated carbocycles. The monoisotopic (exact) mass is 288 g/mol. The van der Waals surface area contributed by atoms with Crippen LogP contribution in [0.2, 0.25) is 0 Å². The van der Waals surface area contributed by atoms with Gasteiger partial charge in [0, 0.05) is 32.2 Å². The molecule has 0 radical (unpaired) electrons. The first kappa shape index (κ1) is 15.3. The van der Waals surface area contributed by atoms with E-state index in [1.807, 2.05) is 0 Å². The molecular formula is C14H28N2O2S. The van der Waals surface area contributed by atoms with Gasteiger partial charge in [-0.3, -0.25) is 0 Å². The molecule has 2 rings (SSSR count). The van der Waals surface area contributed by atoms with Crippen LogP contribution in [0.1, 0.15) is 39.5 Å². The van der Waals surface area contributed by atoms with Crippen molar-refractivity contribution in [2.24, 2.45) is 5.41 Å². The van der Waals surface area contributed by atoms with Gasteiger partial charge in [0.2, 0.25) is 0 Å². The van der Waals surface area contributed by atoms with Crippen molar-refractivity contribution < 1.29 is 8.42 Å². The zero-order valence-electron chi connectivity index (χ0n) is 12.3. The summed E-state index contributed by atoms with van der Waals surface area (Å²) >= 11 is 0. The maximum atomic E-state index is 11.5. The molecule has 0 aromatic rings. The number of nitrogens with zero attached hydrogens (tertiary/aromatic N) is 1. The minimum atomic E-state index is -2.75. The van der Waals surface area contributed by atoms with Gasteiger partial charge in [-0.2, -0.15) is 0 Å². The third-order valence-electron chi connectivity index (χ3n) is 4.55. The largest absolute Gasteiger partial charge is 0.314 e. The van der Waals surface area contributed by atoms with Crippen molar-refractivity contribution in [2.75, 3.05) is 37.7 Å². The Balaban J connectivity index is 1.90. The number of nitrogens with one attached hydrogen (secondary N) is 1. The molecule has 4 nitrogen and oxygen atoms in total.